The molecule has 1 aliphatic heterocycles. The summed E-state index contributed by atoms with van der Waals surface area (Å²) in [6.07, 6.45) is 2.93. The molecule has 1 fully saturated rings. The zero-order valence-corrected chi connectivity index (χ0v) is 7.31. The van der Waals surface area contributed by atoms with Crippen LogP contribution >= 0.6 is 12.6 Å². The van der Waals surface area contributed by atoms with E-state index in [4.69, 9.17) is 0 Å². The number of hydrogen-bond acceptors (Lipinski definition) is 3. The average molecular weight is 174 g/mol. The first kappa shape index (κ1) is 8.87. The maximum absolute atomic E-state index is 10.1. The van der Waals surface area contributed by atoms with Crippen LogP contribution in [0.1, 0.15) is 12.8 Å². The Kier molecular flexibility index (Phi) is 3.72. The van der Waals surface area contributed by atoms with Crippen LogP contribution in [-0.4, -0.2) is 24.9 Å². The lowest BCUT2D eigenvalue weighted by molar-refractivity contribution is -0.109. The summed E-state index contributed by atoms with van der Waals surface area (Å²) in [4.78, 5) is 10.1. The summed E-state index contributed by atoms with van der Waals surface area (Å²) in [6, 6.07) is 0. The van der Waals surface area contributed by atoms with E-state index in [1.165, 1.54) is 0 Å². The average Bonchev–Trinajstić information content (AvgIpc) is 2.07. The number of piperidine rings is 1. The maximum atomic E-state index is 10.1. The first-order chi connectivity index (χ1) is 5.34. The van der Waals surface area contributed by atoms with Crippen molar-refractivity contribution in [1.29, 1.82) is 0 Å². The second kappa shape index (κ2) is 4.62. The van der Waals surface area contributed by atoms with E-state index in [-0.39, 0.29) is 5.37 Å². The van der Waals surface area contributed by atoms with E-state index in [0.29, 0.717) is 5.92 Å². The lowest BCUT2D eigenvalue weighted by atomic mass is 9.98. The van der Waals surface area contributed by atoms with E-state index >= 15 is 0 Å². The third kappa shape index (κ3) is 2.71. The van der Waals surface area contributed by atoms with E-state index in [2.05, 4.69) is 23.3 Å². The van der Waals surface area contributed by atoms with E-state index in [0.717, 1.165) is 32.3 Å². The van der Waals surface area contributed by atoms with Crippen LogP contribution in [0.4, 0.5) is 0 Å². The highest BCUT2D eigenvalue weighted by molar-refractivity contribution is 7.80. The highest BCUT2D eigenvalue weighted by atomic mass is 32.1. The standard InChI is InChI=1S/C7H14N2OS/c10-5-9-7(11)6-1-3-8-4-2-6/h5-8,11H,1-4H2,(H,9,10). The molecule has 0 spiro atoms. The van der Waals surface area contributed by atoms with Gasteiger partial charge in [-0.25, -0.2) is 0 Å². The van der Waals surface area contributed by atoms with Crippen LogP contribution < -0.4 is 10.6 Å². The molecule has 0 aliphatic carbocycles. The molecule has 64 valence electrons. The Balaban J connectivity index is 2.26. The third-order valence-corrected chi connectivity index (χ3v) is 2.64. The molecule has 1 atom stereocenters. The van der Waals surface area contributed by atoms with Crippen LogP contribution in [0.25, 0.3) is 0 Å². The molecule has 11 heavy (non-hydrogen) atoms. The lowest BCUT2D eigenvalue weighted by Crippen LogP contribution is -2.38. The molecule has 1 unspecified atom stereocenters. The van der Waals surface area contributed by atoms with Crippen molar-refractivity contribution in [2.75, 3.05) is 13.1 Å². The van der Waals surface area contributed by atoms with Gasteiger partial charge < -0.3 is 10.6 Å². The normalized spacial score (nSPS) is 22.6. The number of hydrogen-bond donors (Lipinski definition) is 3. The van der Waals surface area contributed by atoms with Crippen molar-refractivity contribution in [1.82, 2.24) is 10.6 Å². The van der Waals surface area contributed by atoms with E-state index in [9.17, 15) is 4.79 Å². The summed E-state index contributed by atoms with van der Waals surface area (Å²) in [7, 11) is 0. The fourth-order valence-electron chi connectivity index (χ4n) is 1.37. The smallest absolute Gasteiger partial charge is 0.207 e. The van der Waals surface area contributed by atoms with Gasteiger partial charge in [-0.2, -0.15) is 12.6 Å². The molecular formula is C7H14N2OS. The molecule has 0 bridgehead atoms. The molecule has 1 saturated heterocycles. The fourth-order valence-corrected chi connectivity index (χ4v) is 1.72. The molecule has 0 aromatic rings. The summed E-state index contributed by atoms with van der Waals surface area (Å²) >= 11 is 4.28. The van der Waals surface area contributed by atoms with Gasteiger partial charge in [0.25, 0.3) is 0 Å². The summed E-state index contributed by atoms with van der Waals surface area (Å²) in [5, 5.41) is 5.97. The van der Waals surface area contributed by atoms with Gasteiger partial charge in [0, 0.05) is 0 Å². The van der Waals surface area contributed by atoms with Crippen molar-refractivity contribution >= 4 is 19.0 Å². The van der Waals surface area contributed by atoms with Crippen LogP contribution in [0.15, 0.2) is 0 Å². The van der Waals surface area contributed by atoms with E-state index < -0.39 is 0 Å². The molecule has 0 aromatic heterocycles. The first-order valence-electron chi connectivity index (χ1n) is 3.93. The van der Waals surface area contributed by atoms with Gasteiger partial charge in [-0.05, 0) is 31.8 Å². The topological polar surface area (TPSA) is 41.1 Å². The zero-order valence-electron chi connectivity index (χ0n) is 6.42. The Morgan fingerprint density at radius 2 is 2.18 bits per heavy atom. The third-order valence-electron chi connectivity index (χ3n) is 2.07. The highest BCUT2D eigenvalue weighted by Crippen LogP contribution is 2.17. The molecule has 1 aliphatic rings. The fraction of sp³-hybridized carbons (Fsp3) is 0.857. The largest absolute Gasteiger partial charge is 0.347 e. The monoisotopic (exact) mass is 174 g/mol. The maximum Gasteiger partial charge on any atom is 0.207 e. The molecule has 3 nitrogen and oxygen atoms in total. The van der Waals surface area contributed by atoms with Crippen LogP contribution in [-0.2, 0) is 4.79 Å². The zero-order chi connectivity index (χ0) is 8.10. The van der Waals surface area contributed by atoms with Crippen molar-refractivity contribution in [2.24, 2.45) is 5.92 Å². The quantitative estimate of drug-likeness (QED) is 0.320. The number of carbonyl (C=O) groups is 1. The second-order valence-corrected chi connectivity index (χ2v) is 3.37. The van der Waals surface area contributed by atoms with Crippen LogP contribution in [0.3, 0.4) is 0 Å². The summed E-state index contributed by atoms with van der Waals surface area (Å²) in [5.74, 6) is 0.532. The van der Waals surface area contributed by atoms with Crippen LogP contribution in [0, 0.1) is 5.92 Å². The second-order valence-electron chi connectivity index (χ2n) is 2.82. The molecule has 1 rings (SSSR count). The number of thiol groups is 1. The molecule has 0 aromatic carbocycles. The Morgan fingerprint density at radius 3 is 2.73 bits per heavy atom. The molecule has 1 amide bonds. The number of rotatable bonds is 3. The van der Waals surface area contributed by atoms with Crippen molar-refractivity contribution in [3.63, 3.8) is 0 Å². The minimum absolute atomic E-state index is 0.0367. The molecule has 0 radical (unpaired) electrons. The van der Waals surface area contributed by atoms with E-state index in [1.807, 2.05) is 0 Å². The molecule has 1 heterocycles. The molecular weight excluding hydrogens is 160 g/mol. The highest BCUT2D eigenvalue weighted by Gasteiger charge is 2.19. The summed E-state index contributed by atoms with van der Waals surface area (Å²) in [5.41, 5.74) is 0. The van der Waals surface area contributed by atoms with Gasteiger partial charge in [0.2, 0.25) is 6.41 Å². The van der Waals surface area contributed by atoms with Gasteiger partial charge >= 0.3 is 0 Å². The van der Waals surface area contributed by atoms with Gasteiger partial charge in [-0.3, -0.25) is 4.79 Å². The van der Waals surface area contributed by atoms with Gasteiger partial charge in [0.05, 0.1) is 5.37 Å². The predicted molar refractivity (Wildman–Crippen MR) is 47.6 cm³/mol. The van der Waals surface area contributed by atoms with E-state index in [1.54, 1.807) is 0 Å². The van der Waals surface area contributed by atoms with Gasteiger partial charge in [0.1, 0.15) is 0 Å². The number of nitrogens with one attached hydrogen (secondary N) is 2. The van der Waals surface area contributed by atoms with Crippen LogP contribution in [0.5, 0.6) is 0 Å². The van der Waals surface area contributed by atoms with Crippen molar-refractivity contribution in [2.45, 2.75) is 18.2 Å². The van der Waals surface area contributed by atoms with Gasteiger partial charge in [-0.15, -0.1) is 0 Å². The minimum atomic E-state index is 0.0367. The Bertz CT molecular complexity index is 126. The Hall–Kier alpha value is -0.220. The summed E-state index contributed by atoms with van der Waals surface area (Å²) < 4.78 is 0. The SMILES string of the molecule is O=CNC(S)C1CCNCC1. The minimum Gasteiger partial charge on any atom is -0.347 e. The Labute approximate surface area is 72.3 Å². The van der Waals surface area contributed by atoms with Crippen LogP contribution in [0.2, 0.25) is 0 Å². The van der Waals surface area contributed by atoms with Gasteiger partial charge in [0.15, 0.2) is 0 Å². The predicted octanol–water partition coefficient (Wildman–Crippen LogP) is -0.0121. The summed E-state index contributed by atoms with van der Waals surface area (Å²) in [6.45, 7) is 2.09. The van der Waals surface area contributed by atoms with Gasteiger partial charge in [-0.1, -0.05) is 0 Å². The first-order valence-corrected chi connectivity index (χ1v) is 4.44. The molecule has 0 saturated carbocycles. The Morgan fingerprint density at radius 1 is 1.55 bits per heavy atom. The number of carbonyl (C=O) groups excluding carboxylic acids is 1. The molecule has 2 N–H and O–H groups in total. The van der Waals surface area contributed by atoms with Crippen molar-refractivity contribution < 1.29 is 4.79 Å². The lowest BCUT2D eigenvalue weighted by Gasteiger charge is -2.26. The molecule has 4 heteroatoms. The van der Waals surface area contributed by atoms with Crippen molar-refractivity contribution in [3.8, 4) is 0 Å². The number of amides is 1. The van der Waals surface area contributed by atoms with Crippen molar-refractivity contribution in [3.05, 3.63) is 0 Å².